The first-order valence-corrected chi connectivity index (χ1v) is 11.3. The molecule has 0 N–H and O–H groups in total. The minimum atomic E-state index is 0.159. The van der Waals surface area contributed by atoms with E-state index in [2.05, 4.69) is 36.4 Å². The fourth-order valence-electron chi connectivity index (χ4n) is 3.08. The van der Waals surface area contributed by atoms with Crippen LogP contribution >= 0.6 is 11.6 Å². The summed E-state index contributed by atoms with van der Waals surface area (Å²) in [6.07, 6.45) is 0. The third kappa shape index (κ3) is 4.82. The number of ether oxygens (including phenoxy) is 3. The van der Waals surface area contributed by atoms with Crippen molar-refractivity contribution in [1.29, 1.82) is 0 Å². The van der Waals surface area contributed by atoms with Gasteiger partial charge in [-0.15, -0.1) is 0 Å². The zero-order valence-electron chi connectivity index (χ0n) is 16.1. The maximum absolute atomic E-state index is 6.12. The summed E-state index contributed by atoms with van der Waals surface area (Å²) in [5, 5.41) is 1.72. The molecule has 1 unspecified atom stereocenters. The Balaban J connectivity index is 2.03. The van der Waals surface area contributed by atoms with Gasteiger partial charge in [0.2, 0.25) is 0 Å². The molecule has 0 spiro atoms. The number of hydrogen-bond donors (Lipinski definition) is 0. The average molecular weight is 462 g/mol. The molecule has 0 fully saturated rings. The summed E-state index contributed by atoms with van der Waals surface area (Å²) in [5.41, 5.74) is 2.29. The molecule has 3 aromatic rings. The fourth-order valence-corrected chi connectivity index (χ4v) is 5.48. The van der Waals surface area contributed by atoms with Crippen LogP contribution in [0.5, 0.6) is 17.2 Å². The molecule has 0 radical (unpaired) electrons. The second-order valence-electron chi connectivity index (χ2n) is 6.18. The van der Waals surface area contributed by atoms with E-state index in [4.69, 9.17) is 25.8 Å². The SMILES string of the molecule is COc1cc(OC)c(C(C[Se]c2ccccc2)c2ccc(Cl)cc2)cc1OC. The van der Waals surface area contributed by atoms with Gasteiger partial charge in [-0.25, -0.2) is 0 Å². The van der Waals surface area contributed by atoms with Crippen molar-refractivity contribution in [3.63, 3.8) is 0 Å². The van der Waals surface area contributed by atoms with E-state index >= 15 is 0 Å². The molecule has 3 rings (SSSR count). The molecule has 0 amide bonds. The third-order valence-corrected chi connectivity index (χ3v) is 7.11. The van der Waals surface area contributed by atoms with Crippen LogP contribution in [0.2, 0.25) is 10.3 Å². The van der Waals surface area contributed by atoms with E-state index in [1.165, 1.54) is 10.0 Å². The van der Waals surface area contributed by atoms with Crippen LogP contribution < -0.4 is 18.7 Å². The molecule has 0 aromatic heterocycles. The van der Waals surface area contributed by atoms with Gasteiger partial charge in [0, 0.05) is 0 Å². The summed E-state index contributed by atoms with van der Waals surface area (Å²) in [7, 11) is 4.97. The van der Waals surface area contributed by atoms with Crippen LogP contribution in [0, 0.1) is 0 Å². The van der Waals surface area contributed by atoms with Crippen LogP contribution in [-0.4, -0.2) is 36.3 Å². The number of hydrogen-bond acceptors (Lipinski definition) is 3. The normalized spacial score (nSPS) is 11.7. The summed E-state index contributed by atoms with van der Waals surface area (Å²) in [6.45, 7) is 0. The van der Waals surface area contributed by atoms with E-state index < -0.39 is 0 Å². The van der Waals surface area contributed by atoms with Gasteiger partial charge >= 0.3 is 178 Å². The monoisotopic (exact) mass is 462 g/mol. The molecule has 0 heterocycles. The molecule has 3 nitrogen and oxygen atoms in total. The summed E-state index contributed by atoms with van der Waals surface area (Å²) < 4.78 is 18.1. The van der Waals surface area contributed by atoms with Gasteiger partial charge in [-0.05, 0) is 0 Å². The molecule has 1 atom stereocenters. The van der Waals surface area contributed by atoms with Crippen molar-refractivity contribution in [2.24, 2.45) is 0 Å². The van der Waals surface area contributed by atoms with Gasteiger partial charge < -0.3 is 0 Å². The Kier molecular flexibility index (Phi) is 7.27. The van der Waals surface area contributed by atoms with Crippen molar-refractivity contribution < 1.29 is 14.2 Å². The summed E-state index contributed by atoms with van der Waals surface area (Å²) >= 11 is 6.43. The zero-order valence-corrected chi connectivity index (χ0v) is 18.6. The molecule has 146 valence electrons. The molecule has 28 heavy (non-hydrogen) atoms. The molecule has 3 aromatic carbocycles. The zero-order chi connectivity index (χ0) is 19.9. The van der Waals surface area contributed by atoms with Crippen molar-refractivity contribution in [3.8, 4) is 17.2 Å². The number of benzene rings is 3. The molecule has 0 aliphatic rings. The van der Waals surface area contributed by atoms with E-state index in [0.717, 1.165) is 21.7 Å². The summed E-state index contributed by atoms with van der Waals surface area (Å²) in [5.74, 6) is 2.31. The van der Waals surface area contributed by atoms with Gasteiger partial charge in [0.25, 0.3) is 0 Å². The Morgan fingerprint density at radius 2 is 1.39 bits per heavy atom. The fraction of sp³-hybridized carbons (Fsp3) is 0.217. The maximum atomic E-state index is 6.12. The Labute approximate surface area is 177 Å². The van der Waals surface area contributed by atoms with Gasteiger partial charge in [0.05, 0.1) is 0 Å². The Morgan fingerprint density at radius 1 is 0.786 bits per heavy atom. The minimum absolute atomic E-state index is 0.159. The third-order valence-electron chi connectivity index (χ3n) is 4.54. The Morgan fingerprint density at radius 3 is 2.00 bits per heavy atom. The van der Waals surface area contributed by atoms with E-state index in [1.54, 1.807) is 21.3 Å². The molecule has 0 bridgehead atoms. The second-order valence-corrected chi connectivity index (χ2v) is 8.91. The second kappa shape index (κ2) is 9.88. The molecule has 0 saturated carbocycles. The van der Waals surface area contributed by atoms with Crippen molar-refractivity contribution in [2.75, 3.05) is 21.3 Å². The van der Waals surface area contributed by atoms with E-state index in [1.807, 2.05) is 30.3 Å². The van der Waals surface area contributed by atoms with Crippen molar-refractivity contribution in [2.45, 2.75) is 11.2 Å². The predicted octanol–water partition coefficient (Wildman–Crippen LogP) is 4.95. The molecule has 0 aliphatic heterocycles. The standard InChI is InChI=1S/C23H23ClO3Se/c1-25-21-14-23(27-3)22(26-2)13-19(21)20(16-9-11-17(24)12-10-16)15-28-18-7-5-4-6-8-18/h4-14,20H,15H2,1-3H3. The van der Waals surface area contributed by atoms with E-state index in [9.17, 15) is 0 Å². The molecular weight excluding hydrogens is 439 g/mol. The molecule has 5 heteroatoms. The van der Waals surface area contributed by atoms with Crippen LogP contribution in [-0.2, 0) is 0 Å². The number of methoxy groups -OCH3 is 3. The molecule has 0 saturated heterocycles. The van der Waals surface area contributed by atoms with Gasteiger partial charge in [0.15, 0.2) is 0 Å². The molecular formula is C23H23ClO3Se. The van der Waals surface area contributed by atoms with Crippen LogP contribution in [0.1, 0.15) is 17.0 Å². The van der Waals surface area contributed by atoms with Gasteiger partial charge in [-0.2, -0.15) is 0 Å². The van der Waals surface area contributed by atoms with Crippen LogP contribution in [0.15, 0.2) is 66.7 Å². The summed E-state index contributed by atoms with van der Waals surface area (Å²) in [4.78, 5) is 0. The van der Waals surface area contributed by atoms with Crippen LogP contribution in [0.4, 0.5) is 0 Å². The van der Waals surface area contributed by atoms with Crippen molar-refractivity contribution >= 4 is 31.0 Å². The number of halogens is 1. The first-order chi connectivity index (χ1) is 13.7. The first-order valence-electron chi connectivity index (χ1n) is 8.89. The average Bonchev–Trinajstić information content (AvgIpc) is 2.75. The topological polar surface area (TPSA) is 27.7 Å². The van der Waals surface area contributed by atoms with Gasteiger partial charge in [-0.3, -0.25) is 0 Å². The van der Waals surface area contributed by atoms with Gasteiger partial charge in [0.1, 0.15) is 0 Å². The number of rotatable bonds is 8. The molecule has 0 aliphatic carbocycles. The van der Waals surface area contributed by atoms with E-state index in [-0.39, 0.29) is 5.92 Å². The Hall–Kier alpha value is -2.13. The quantitative estimate of drug-likeness (QED) is 0.444. The van der Waals surface area contributed by atoms with Crippen molar-refractivity contribution in [3.05, 3.63) is 82.9 Å². The van der Waals surface area contributed by atoms with Gasteiger partial charge in [-0.1, -0.05) is 0 Å². The van der Waals surface area contributed by atoms with Crippen LogP contribution in [0.3, 0.4) is 0 Å². The summed E-state index contributed by atoms with van der Waals surface area (Å²) in [6, 6.07) is 22.6. The Bertz CT molecular complexity index is 898. The van der Waals surface area contributed by atoms with E-state index in [0.29, 0.717) is 26.5 Å². The first kappa shape index (κ1) is 20.6. The van der Waals surface area contributed by atoms with Crippen LogP contribution in [0.25, 0.3) is 0 Å². The van der Waals surface area contributed by atoms with Crippen molar-refractivity contribution in [1.82, 2.24) is 0 Å². The predicted molar refractivity (Wildman–Crippen MR) is 116 cm³/mol.